The second kappa shape index (κ2) is 6.37. The molecule has 2 aromatic heterocycles. The van der Waals surface area contributed by atoms with Crippen LogP contribution in [0.4, 0.5) is 11.5 Å². The number of hydrogen-bond acceptors (Lipinski definition) is 5. The number of nitrogens with one attached hydrogen (secondary N) is 2. The second-order valence-corrected chi connectivity index (χ2v) is 6.08. The standard InChI is InChI=1S/C16H15BrN4O2/c1-9(2)23-11-5-3-10(4-6-11)21-15-13-14(19-8-20-15)12(17)7-18-16(13)22/h3-9H,1-2H3,(H,18,22)(H,19,20,21). The number of aromatic nitrogens is 3. The SMILES string of the molecule is CC(C)Oc1ccc(Nc2ncnc3c(Br)c[nH]c(=O)c23)cc1. The van der Waals surface area contributed by atoms with Crippen molar-refractivity contribution in [1.82, 2.24) is 15.0 Å². The van der Waals surface area contributed by atoms with Gasteiger partial charge in [0, 0.05) is 11.9 Å². The number of rotatable bonds is 4. The highest BCUT2D eigenvalue weighted by molar-refractivity contribution is 9.10. The molecule has 0 saturated heterocycles. The minimum atomic E-state index is -0.244. The first-order chi connectivity index (χ1) is 11.0. The van der Waals surface area contributed by atoms with E-state index < -0.39 is 0 Å². The highest BCUT2D eigenvalue weighted by atomic mass is 79.9. The molecule has 0 amide bonds. The number of benzene rings is 1. The first-order valence-corrected chi connectivity index (χ1v) is 7.89. The average Bonchev–Trinajstić information content (AvgIpc) is 2.52. The maximum absolute atomic E-state index is 12.1. The summed E-state index contributed by atoms with van der Waals surface area (Å²) in [6.45, 7) is 3.95. The van der Waals surface area contributed by atoms with Gasteiger partial charge in [0.15, 0.2) is 0 Å². The van der Waals surface area contributed by atoms with Gasteiger partial charge in [-0.05, 0) is 54.0 Å². The Kier molecular flexibility index (Phi) is 4.29. The third-order valence-electron chi connectivity index (χ3n) is 3.12. The summed E-state index contributed by atoms with van der Waals surface area (Å²) in [6, 6.07) is 7.48. The molecule has 7 heteroatoms. The lowest BCUT2D eigenvalue weighted by molar-refractivity contribution is 0.242. The average molecular weight is 375 g/mol. The van der Waals surface area contributed by atoms with Crippen LogP contribution >= 0.6 is 15.9 Å². The first kappa shape index (κ1) is 15.5. The minimum absolute atomic E-state index is 0.121. The van der Waals surface area contributed by atoms with Gasteiger partial charge in [-0.15, -0.1) is 0 Å². The smallest absolute Gasteiger partial charge is 0.261 e. The van der Waals surface area contributed by atoms with Crippen LogP contribution in [-0.4, -0.2) is 21.1 Å². The van der Waals surface area contributed by atoms with Gasteiger partial charge in [-0.3, -0.25) is 4.79 Å². The van der Waals surface area contributed by atoms with Crippen LogP contribution in [0.3, 0.4) is 0 Å². The topological polar surface area (TPSA) is 79.9 Å². The van der Waals surface area contributed by atoms with Crippen LogP contribution in [0, 0.1) is 0 Å². The molecule has 23 heavy (non-hydrogen) atoms. The molecule has 0 aliphatic heterocycles. The molecule has 0 aliphatic rings. The zero-order valence-corrected chi connectivity index (χ0v) is 14.2. The van der Waals surface area contributed by atoms with Crippen LogP contribution in [0.2, 0.25) is 0 Å². The van der Waals surface area contributed by atoms with Crippen LogP contribution in [-0.2, 0) is 0 Å². The molecule has 0 saturated carbocycles. The Morgan fingerprint density at radius 3 is 2.65 bits per heavy atom. The van der Waals surface area contributed by atoms with Crippen molar-refractivity contribution in [2.75, 3.05) is 5.32 Å². The van der Waals surface area contributed by atoms with Crippen LogP contribution in [0.1, 0.15) is 13.8 Å². The first-order valence-electron chi connectivity index (χ1n) is 7.10. The molecule has 0 bridgehead atoms. The Balaban J connectivity index is 1.96. The molecule has 2 heterocycles. The predicted octanol–water partition coefficient (Wildman–Crippen LogP) is 3.61. The van der Waals surface area contributed by atoms with E-state index in [0.717, 1.165) is 11.4 Å². The van der Waals surface area contributed by atoms with E-state index in [1.165, 1.54) is 6.33 Å². The van der Waals surface area contributed by atoms with Crippen molar-refractivity contribution in [3.8, 4) is 5.75 Å². The molecule has 0 spiro atoms. The van der Waals surface area contributed by atoms with Gasteiger partial charge in [-0.25, -0.2) is 9.97 Å². The maximum Gasteiger partial charge on any atom is 0.261 e. The molecule has 0 atom stereocenters. The largest absolute Gasteiger partial charge is 0.491 e. The Labute approximate surface area is 141 Å². The van der Waals surface area contributed by atoms with Crippen molar-refractivity contribution in [3.05, 3.63) is 51.6 Å². The molecule has 0 fully saturated rings. The fourth-order valence-electron chi connectivity index (χ4n) is 2.17. The van der Waals surface area contributed by atoms with Gasteiger partial charge in [0.05, 0.1) is 16.1 Å². The van der Waals surface area contributed by atoms with E-state index in [-0.39, 0.29) is 11.7 Å². The third kappa shape index (κ3) is 3.34. The fourth-order valence-corrected chi connectivity index (χ4v) is 2.59. The van der Waals surface area contributed by atoms with E-state index in [9.17, 15) is 4.79 Å². The van der Waals surface area contributed by atoms with Crippen molar-refractivity contribution < 1.29 is 4.74 Å². The molecule has 0 radical (unpaired) electrons. The number of pyridine rings is 1. The summed E-state index contributed by atoms with van der Waals surface area (Å²) in [6.07, 6.45) is 3.11. The number of halogens is 1. The lowest BCUT2D eigenvalue weighted by Crippen LogP contribution is -2.10. The number of anilines is 2. The Bertz CT molecular complexity index is 891. The van der Waals surface area contributed by atoms with Crippen LogP contribution in [0.25, 0.3) is 10.9 Å². The zero-order chi connectivity index (χ0) is 16.4. The normalized spacial score (nSPS) is 11.0. The number of ether oxygens (including phenoxy) is 1. The van der Waals surface area contributed by atoms with Crippen molar-refractivity contribution in [3.63, 3.8) is 0 Å². The predicted molar refractivity (Wildman–Crippen MR) is 93.3 cm³/mol. The van der Waals surface area contributed by atoms with Gasteiger partial charge < -0.3 is 15.0 Å². The van der Waals surface area contributed by atoms with Crippen LogP contribution in [0.15, 0.2) is 46.1 Å². The monoisotopic (exact) mass is 374 g/mol. The molecule has 6 nitrogen and oxygen atoms in total. The highest BCUT2D eigenvalue weighted by Gasteiger charge is 2.11. The summed E-state index contributed by atoms with van der Waals surface area (Å²) in [4.78, 5) is 23.1. The molecule has 3 aromatic rings. The lowest BCUT2D eigenvalue weighted by atomic mass is 10.2. The van der Waals surface area contributed by atoms with Crippen molar-refractivity contribution in [2.45, 2.75) is 20.0 Å². The molecule has 118 valence electrons. The summed E-state index contributed by atoms with van der Waals surface area (Å²) in [5, 5.41) is 3.55. The summed E-state index contributed by atoms with van der Waals surface area (Å²) in [5.41, 5.74) is 1.12. The fraction of sp³-hybridized carbons (Fsp3) is 0.188. The maximum atomic E-state index is 12.1. The molecule has 1 aromatic carbocycles. The van der Waals surface area contributed by atoms with Gasteiger partial charge in [0.2, 0.25) is 0 Å². The summed E-state index contributed by atoms with van der Waals surface area (Å²) >= 11 is 3.38. The van der Waals surface area contributed by atoms with E-state index in [2.05, 4.69) is 36.2 Å². The lowest BCUT2D eigenvalue weighted by Gasteiger charge is -2.11. The quantitative estimate of drug-likeness (QED) is 0.728. The van der Waals surface area contributed by atoms with E-state index in [1.54, 1.807) is 6.20 Å². The molecular weight excluding hydrogens is 360 g/mol. The summed E-state index contributed by atoms with van der Waals surface area (Å²) in [5.74, 6) is 1.24. The Morgan fingerprint density at radius 2 is 1.96 bits per heavy atom. The Hall–Kier alpha value is -2.41. The van der Waals surface area contributed by atoms with Gasteiger partial charge in [0.25, 0.3) is 5.56 Å². The summed E-state index contributed by atoms with van der Waals surface area (Å²) in [7, 11) is 0. The van der Waals surface area contributed by atoms with Crippen molar-refractivity contribution in [1.29, 1.82) is 0 Å². The number of aromatic amines is 1. The van der Waals surface area contributed by atoms with E-state index >= 15 is 0 Å². The molecule has 2 N–H and O–H groups in total. The molecular formula is C16H15BrN4O2. The highest BCUT2D eigenvalue weighted by Crippen LogP contribution is 2.25. The van der Waals surface area contributed by atoms with Gasteiger partial charge in [-0.2, -0.15) is 0 Å². The Morgan fingerprint density at radius 1 is 1.22 bits per heavy atom. The van der Waals surface area contributed by atoms with Crippen molar-refractivity contribution >= 4 is 38.3 Å². The molecule has 0 unspecified atom stereocenters. The number of nitrogens with zero attached hydrogens (tertiary/aromatic N) is 2. The molecule has 0 aliphatic carbocycles. The van der Waals surface area contributed by atoms with Crippen molar-refractivity contribution in [2.24, 2.45) is 0 Å². The van der Waals surface area contributed by atoms with Crippen LogP contribution in [0.5, 0.6) is 5.75 Å². The van der Waals surface area contributed by atoms with Gasteiger partial charge in [-0.1, -0.05) is 0 Å². The number of H-pyrrole nitrogens is 1. The van der Waals surface area contributed by atoms with E-state index in [1.807, 2.05) is 38.1 Å². The minimum Gasteiger partial charge on any atom is -0.491 e. The van der Waals surface area contributed by atoms with E-state index in [4.69, 9.17) is 4.74 Å². The summed E-state index contributed by atoms with van der Waals surface area (Å²) < 4.78 is 6.32. The van der Waals surface area contributed by atoms with Gasteiger partial charge in [0.1, 0.15) is 23.3 Å². The molecule has 3 rings (SSSR count). The number of fused-ring (bicyclic) bond motifs is 1. The van der Waals surface area contributed by atoms with Gasteiger partial charge >= 0.3 is 0 Å². The zero-order valence-electron chi connectivity index (χ0n) is 12.6. The van der Waals surface area contributed by atoms with E-state index in [0.29, 0.717) is 21.2 Å². The third-order valence-corrected chi connectivity index (χ3v) is 3.72. The van der Waals surface area contributed by atoms with Crippen LogP contribution < -0.4 is 15.6 Å². The second-order valence-electron chi connectivity index (χ2n) is 5.23. The number of hydrogen-bond donors (Lipinski definition) is 2.